The number of likely N-dealkylation sites (tertiary alicyclic amines) is 1. The molecule has 1 N–H and O–H groups in total. The van der Waals surface area contributed by atoms with E-state index in [1.54, 1.807) is 17.0 Å². The Hall–Kier alpha value is -2.31. The largest absolute Gasteiger partial charge is 0.444 e. The molecule has 2 aliphatic rings. The van der Waals surface area contributed by atoms with Crippen molar-refractivity contribution in [3.8, 4) is 0 Å². The summed E-state index contributed by atoms with van der Waals surface area (Å²) in [5.74, 6) is 0.0613. The third-order valence-electron chi connectivity index (χ3n) is 4.25. The van der Waals surface area contributed by atoms with Gasteiger partial charge in [-0.05, 0) is 38.8 Å². The Morgan fingerprint density at radius 2 is 2.17 bits per heavy atom. The molecular weight excluding hydrogens is 298 g/mol. The van der Waals surface area contributed by atoms with Crippen LogP contribution in [0.5, 0.6) is 0 Å². The van der Waals surface area contributed by atoms with Gasteiger partial charge in [0.15, 0.2) is 0 Å². The van der Waals surface area contributed by atoms with Crippen LogP contribution in [0.1, 0.15) is 38.7 Å². The van der Waals surface area contributed by atoms with E-state index < -0.39 is 5.60 Å². The van der Waals surface area contributed by atoms with Gasteiger partial charge in [-0.15, -0.1) is 0 Å². The minimum absolute atomic E-state index is 0.0613. The lowest BCUT2D eigenvalue weighted by Crippen LogP contribution is -2.46. The Balaban J connectivity index is 1.80. The molecule has 0 radical (unpaired) electrons. The summed E-state index contributed by atoms with van der Waals surface area (Å²) < 4.78 is 5.43. The first kappa shape index (κ1) is 15.6. The van der Waals surface area contributed by atoms with Crippen molar-refractivity contribution in [1.29, 1.82) is 0 Å². The molecule has 0 spiro atoms. The zero-order chi connectivity index (χ0) is 16.8. The fourth-order valence-electron chi connectivity index (χ4n) is 3.23. The molecule has 1 aromatic rings. The summed E-state index contributed by atoms with van der Waals surface area (Å²) in [6.07, 6.45) is 0.474. The van der Waals surface area contributed by atoms with E-state index in [9.17, 15) is 14.9 Å². The molecule has 23 heavy (non-hydrogen) atoms. The Labute approximate surface area is 134 Å². The zero-order valence-corrected chi connectivity index (χ0v) is 13.5. The highest BCUT2D eigenvalue weighted by atomic mass is 16.6. The van der Waals surface area contributed by atoms with Gasteiger partial charge in [-0.3, -0.25) is 10.1 Å². The number of nitrogens with one attached hydrogen (secondary N) is 1. The van der Waals surface area contributed by atoms with Crippen LogP contribution in [0.2, 0.25) is 0 Å². The van der Waals surface area contributed by atoms with Gasteiger partial charge in [0.05, 0.1) is 4.92 Å². The van der Waals surface area contributed by atoms with Crippen molar-refractivity contribution in [2.24, 2.45) is 0 Å². The first-order valence-electron chi connectivity index (χ1n) is 7.77. The molecule has 1 aromatic carbocycles. The Kier molecular flexibility index (Phi) is 3.66. The van der Waals surface area contributed by atoms with Crippen LogP contribution in [0, 0.1) is 10.1 Å². The second kappa shape index (κ2) is 5.40. The number of rotatable bonds is 1. The van der Waals surface area contributed by atoms with Gasteiger partial charge in [0.2, 0.25) is 0 Å². The van der Waals surface area contributed by atoms with Crippen LogP contribution in [-0.4, -0.2) is 40.6 Å². The summed E-state index contributed by atoms with van der Waals surface area (Å²) >= 11 is 0. The Morgan fingerprint density at radius 1 is 1.43 bits per heavy atom. The second-order valence-corrected chi connectivity index (χ2v) is 7.10. The molecule has 0 saturated carbocycles. The molecule has 3 rings (SSSR count). The fraction of sp³-hybridized carbons (Fsp3) is 0.562. The number of carbonyl (C=O) groups is 1. The SMILES string of the molecule is CC(C)(C)OC(=O)N1CCC2Nc3ccc([N+](=O)[O-])cc3C2C1. The molecule has 1 saturated heterocycles. The third kappa shape index (κ3) is 3.09. The number of anilines is 1. The van der Waals surface area contributed by atoms with Crippen molar-refractivity contribution in [1.82, 2.24) is 4.90 Å². The van der Waals surface area contributed by atoms with Crippen molar-refractivity contribution in [3.63, 3.8) is 0 Å². The van der Waals surface area contributed by atoms with Crippen molar-refractivity contribution in [2.45, 2.75) is 44.8 Å². The van der Waals surface area contributed by atoms with Gasteiger partial charge in [-0.2, -0.15) is 0 Å². The number of piperidine rings is 1. The maximum absolute atomic E-state index is 12.3. The van der Waals surface area contributed by atoms with E-state index in [0.717, 1.165) is 17.7 Å². The Bertz CT molecular complexity index is 653. The summed E-state index contributed by atoms with van der Waals surface area (Å²) in [7, 11) is 0. The first-order chi connectivity index (χ1) is 10.7. The van der Waals surface area contributed by atoms with Gasteiger partial charge in [-0.1, -0.05) is 0 Å². The average Bonchev–Trinajstić information content (AvgIpc) is 2.82. The lowest BCUT2D eigenvalue weighted by atomic mass is 9.89. The maximum atomic E-state index is 12.3. The molecule has 0 aromatic heterocycles. The minimum atomic E-state index is -0.529. The average molecular weight is 319 g/mol. The van der Waals surface area contributed by atoms with Crippen molar-refractivity contribution in [3.05, 3.63) is 33.9 Å². The molecule has 1 amide bonds. The predicted octanol–water partition coefficient (Wildman–Crippen LogP) is 3.11. The number of hydrogen-bond donors (Lipinski definition) is 1. The highest BCUT2D eigenvalue weighted by Crippen LogP contribution is 2.41. The second-order valence-electron chi connectivity index (χ2n) is 7.10. The van der Waals surface area contributed by atoms with E-state index in [2.05, 4.69) is 5.32 Å². The van der Waals surface area contributed by atoms with Gasteiger partial charge in [0.1, 0.15) is 5.60 Å². The van der Waals surface area contributed by atoms with Gasteiger partial charge in [-0.25, -0.2) is 4.79 Å². The Morgan fingerprint density at radius 3 is 2.83 bits per heavy atom. The summed E-state index contributed by atoms with van der Waals surface area (Å²) in [4.78, 5) is 24.6. The lowest BCUT2D eigenvalue weighted by molar-refractivity contribution is -0.384. The van der Waals surface area contributed by atoms with E-state index >= 15 is 0 Å². The van der Waals surface area contributed by atoms with Crippen molar-refractivity contribution >= 4 is 17.5 Å². The number of nitro groups is 1. The van der Waals surface area contributed by atoms with Crippen LogP contribution in [-0.2, 0) is 4.74 Å². The number of fused-ring (bicyclic) bond motifs is 3. The van der Waals surface area contributed by atoms with Crippen LogP contribution in [0.4, 0.5) is 16.2 Å². The maximum Gasteiger partial charge on any atom is 0.410 e. The number of benzene rings is 1. The quantitative estimate of drug-likeness (QED) is 0.635. The van der Waals surface area contributed by atoms with E-state index in [0.29, 0.717) is 13.1 Å². The summed E-state index contributed by atoms with van der Waals surface area (Å²) in [6, 6.07) is 5.09. The molecule has 7 heteroatoms. The highest BCUT2D eigenvalue weighted by Gasteiger charge is 2.39. The molecule has 0 bridgehead atoms. The molecule has 7 nitrogen and oxygen atoms in total. The number of nitro benzene ring substituents is 1. The predicted molar refractivity (Wildman–Crippen MR) is 85.7 cm³/mol. The summed E-state index contributed by atoms with van der Waals surface area (Å²) in [5.41, 5.74) is 1.40. The van der Waals surface area contributed by atoms with E-state index in [-0.39, 0.29) is 28.7 Å². The van der Waals surface area contributed by atoms with E-state index in [1.165, 1.54) is 6.07 Å². The molecule has 2 unspecified atom stereocenters. The van der Waals surface area contributed by atoms with Crippen LogP contribution in [0.3, 0.4) is 0 Å². The lowest BCUT2D eigenvalue weighted by Gasteiger charge is -2.36. The minimum Gasteiger partial charge on any atom is -0.444 e. The van der Waals surface area contributed by atoms with Crippen LogP contribution in [0.15, 0.2) is 18.2 Å². The molecular formula is C16H21N3O4. The van der Waals surface area contributed by atoms with E-state index in [4.69, 9.17) is 4.74 Å². The van der Waals surface area contributed by atoms with Crippen molar-refractivity contribution in [2.75, 3.05) is 18.4 Å². The topological polar surface area (TPSA) is 84.7 Å². The number of nitrogens with zero attached hydrogens (tertiary/aromatic N) is 2. The summed E-state index contributed by atoms with van der Waals surface area (Å²) in [5, 5.41) is 14.4. The molecule has 2 atom stereocenters. The highest BCUT2D eigenvalue weighted by molar-refractivity contribution is 5.70. The van der Waals surface area contributed by atoms with Gasteiger partial charge < -0.3 is 15.0 Å². The van der Waals surface area contributed by atoms with Gasteiger partial charge >= 0.3 is 6.09 Å². The standard InChI is InChI=1S/C16H21N3O4/c1-16(2,3)23-15(20)18-7-6-14-12(9-18)11-8-10(19(21)22)4-5-13(11)17-14/h4-5,8,12,14,17H,6-7,9H2,1-3H3. The van der Waals surface area contributed by atoms with Crippen LogP contribution >= 0.6 is 0 Å². The monoisotopic (exact) mass is 319 g/mol. The van der Waals surface area contributed by atoms with E-state index in [1.807, 2.05) is 20.8 Å². The van der Waals surface area contributed by atoms with Crippen LogP contribution in [0.25, 0.3) is 0 Å². The van der Waals surface area contributed by atoms with Gasteiger partial charge in [0, 0.05) is 42.9 Å². The fourth-order valence-corrected chi connectivity index (χ4v) is 3.23. The molecule has 1 fully saturated rings. The number of non-ortho nitro benzene ring substituents is 1. The van der Waals surface area contributed by atoms with Gasteiger partial charge in [0.25, 0.3) is 5.69 Å². The van der Waals surface area contributed by atoms with Crippen LogP contribution < -0.4 is 5.32 Å². The van der Waals surface area contributed by atoms with Crippen molar-refractivity contribution < 1.29 is 14.5 Å². The zero-order valence-electron chi connectivity index (χ0n) is 13.5. The number of ether oxygens (including phenoxy) is 1. The third-order valence-corrected chi connectivity index (χ3v) is 4.25. The summed E-state index contributed by atoms with van der Waals surface area (Å²) in [6.45, 7) is 6.66. The smallest absolute Gasteiger partial charge is 0.410 e. The first-order valence-corrected chi connectivity index (χ1v) is 7.77. The molecule has 0 aliphatic carbocycles. The normalized spacial score (nSPS) is 22.8. The molecule has 124 valence electrons. The number of carbonyl (C=O) groups excluding carboxylic acids is 1. The molecule has 2 aliphatic heterocycles. The number of amides is 1. The number of hydrogen-bond acceptors (Lipinski definition) is 5. The molecule has 2 heterocycles.